The summed E-state index contributed by atoms with van der Waals surface area (Å²) in [6.07, 6.45) is 8.51. The molecule has 3 unspecified atom stereocenters. The number of aliphatic hydroxyl groups excluding tert-OH is 2. The van der Waals surface area contributed by atoms with Crippen molar-refractivity contribution in [3.05, 3.63) is 261 Å². The number of carbonyl (C=O) groups is 2. The molecule has 18 nitrogen and oxygen atoms in total. The fraction of sp³-hybridized carbons (Fsp3) is 0.442. The van der Waals surface area contributed by atoms with E-state index in [-0.39, 0.29) is 71.7 Å². The van der Waals surface area contributed by atoms with Gasteiger partial charge in [-0.15, -0.1) is 0 Å². The molecular formula is C104H138Br2O18Si4. The van der Waals surface area contributed by atoms with Gasteiger partial charge in [-0.1, -0.05) is 305 Å². The average Bonchev–Trinajstić information content (AvgIpc) is 0.899. The van der Waals surface area contributed by atoms with Crippen LogP contribution >= 0.6 is 31.9 Å². The summed E-state index contributed by atoms with van der Waals surface area (Å²) < 4.78 is 84.3. The summed E-state index contributed by atoms with van der Waals surface area (Å²) in [5.41, 5.74) is 4.16. The maximum Gasteiger partial charge on any atom is 0.342 e. The molecule has 9 atom stereocenters. The van der Waals surface area contributed by atoms with E-state index in [1.807, 2.05) is 76.3 Å². The fourth-order valence-corrected chi connectivity index (χ4v) is 27.5. The highest BCUT2D eigenvalue weighted by Gasteiger charge is 2.54. The van der Waals surface area contributed by atoms with Crippen LogP contribution < -0.4 is 39.7 Å². The summed E-state index contributed by atoms with van der Waals surface area (Å²) >= 11 is 7.20. The number of hydrogen-bond donors (Lipinski definition) is 2. The van der Waals surface area contributed by atoms with Crippen LogP contribution in [0.25, 0.3) is 12.2 Å². The zero-order chi connectivity index (χ0) is 93.7. The Hall–Kier alpha value is -7.89. The first-order chi connectivity index (χ1) is 60.6. The predicted molar refractivity (Wildman–Crippen MR) is 533 cm³/mol. The number of esters is 2. The third-order valence-corrected chi connectivity index (χ3v) is 36.6. The number of ether oxygens (including phenoxy) is 12. The van der Waals surface area contributed by atoms with Crippen molar-refractivity contribution in [2.75, 3.05) is 61.8 Å². The minimum absolute atomic E-state index is 0.0200. The summed E-state index contributed by atoms with van der Waals surface area (Å²) in [6.45, 7) is 39.3. The van der Waals surface area contributed by atoms with Crippen LogP contribution in [-0.2, 0) is 59.6 Å². The Morgan fingerprint density at radius 3 is 1.22 bits per heavy atom. The van der Waals surface area contributed by atoms with Gasteiger partial charge in [-0.05, 0) is 176 Å². The Labute approximate surface area is 783 Å². The van der Waals surface area contributed by atoms with Crippen LogP contribution in [0, 0.1) is 23.7 Å². The Kier molecular flexibility index (Phi) is 40.4. The van der Waals surface area contributed by atoms with Gasteiger partial charge in [0.25, 0.3) is 16.6 Å². The molecule has 10 rings (SSSR count). The molecule has 2 fully saturated rings. The molecule has 692 valence electrons. The molecular weight excluding hydrogens is 1810 g/mol. The van der Waals surface area contributed by atoms with Crippen LogP contribution in [0.5, 0.6) is 23.0 Å². The van der Waals surface area contributed by atoms with Crippen LogP contribution in [-0.4, -0.2) is 171 Å². The number of methoxy groups -OCH3 is 4. The Balaban J connectivity index is 0.000000261. The van der Waals surface area contributed by atoms with E-state index in [0.29, 0.717) is 66.4 Å². The summed E-state index contributed by atoms with van der Waals surface area (Å²) in [5.74, 6) is 5.61. The van der Waals surface area contributed by atoms with Crippen molar-refractivity contribution in [3.63, 3.8) is 0 Å². The predicted octanol–water partition coefficient (Wildman–Crippen LogP) is 20.8. The maximum absolute atomic E-state index is 13.6. The van der Waals surface area contributed by atoms with E-state index in [1.54, 1.807) is 44.6 Å². The molecule has 0 bridgehead atoms. The molecule has 2 saturated heterocycles. The van der Waals surface area contributed by atoms with Gasteiger partial charge in [-0.3, -0.25) is 0 Å². The number of benzene rings is 8. The number of halogens is 2. The maximum atomic E-state index is 13.6. The molecule has 0 radical (unpaired) electrons. The number of aliphatic hydroxyl groups is 2. The van der Waals surface area contributed by atoms with Crippen molar-refractivity contribution in [3.8, 4) is 34.8 Å². The number of hydrogen-bond acceptors (Lipinski definition) is 18. The second kappa shape index (κ2) is 49.0. The minimum Gasteiger partial charge on any atom is -0.497 e. The molecule has 8 aromatic rings. The lowest BCUT2D eigenvalue weighted by molar-refractivity contribution is -0.152. The van der Waals surface area contributed by atoms with Crippen molar-refractivity contribution in [1.29, 1.82) is 0 Å². The third kappa shape index (κ3) is 30.9. The first-order valence-corrected chi connectivity index (χ1v) is 57.0. The smallest absolute Gasteiger partial charge is 0.342 e. The molecule has 2 N–H and O–H groups in total. The molecule has 128 heavy (non-hydrogen) atoms. The van der Waals surface area contributed by atoms with E-state index < -0.39 is 80.7 Å². The fourth-order valence-electron chi connectivity index (χ4n) is 15.9. The van der Waals surface area contributed by atoms with Gasteiger partial charge in [-0.2, -0.15) is 0 Å². The lowest BCUT2D eigenvalue weighted by atomic mass is 9.94. The van der Waals surface area contributed by atoms with Crippen LogP contribution in [0.1, 0.15) is 139 Å². The van der Waals surface area contributed by atoms with Crippen molar-refractivity contribution < 1.29 is 85.5 Å². The van der Waals surface area contributed by atoms with Gasteiger partial charge in [-0.25, -0.2) is 9.59 Å². The second-order valence-electron chi connectivity index (χ2n) is 37.8. The molecule has 2 aliphatic heterocycles. The molecule has 0 spiro atoms. The lowest BCUT2D eigenvalue weighted by Gasteiger charge is -2.45. The Morgan fingerprint density at radius 2 is 0.852 bits per heavy atom. The van der Waals surface area contributed by atoms with Crippen molar-refractivity contribution in [2.24, 2.45) is 11.8 Å². The Morgan fingerprint density at radius 1 is 0.492 bits per heavy atom. The zero-order valence-corrected chi connectivity index (χ0v) is 86.3. The van der Waals surface area contributed by atoms with Crippen LogP contribution in [0.4, 0.5) is 0 Å². The highest BCUT2D eigenvalue weighted by molar-refractivity contribution is 9.28. The molecule has 24 heteroatoms. The van der Waals surface area contributed by atoms with Crippen molar-refractivity contribution >= 4 is 109 Å². The number of carbonyl (C=O) groups excluding carboxylic acids is 2. The van der Waals surface area contributed by atoms with E-state index in [4.69, 9.17) is 65.7 Å². The van der Waals surface area contributed by atoms with Crippen molar-refractivity contribution in [1.82, 2.24) is 0 Å². The van der Waals surface area contributed by atoms with E-state index in [9.17, 15) is 19.8 Å². The van der Waals surface area contributed by atoms with E-state index in [2.05, 4.69) is 296 Å². The lowest BCUT2D eigenvalue weighted by Crippen LogP contribution is -2.68. The van der Waals surface area contributed by atoms with Crippen LogP contribution in [0.15, 0.2) is 228 Å². The SMILES string of the molecule is CC(O[Si](c1ccccc1)(c1ccccc1)C(C)(C)C)[C@H](C=C(Br)Br)Cc1ccccc1.COCOc1cc(OC)cc(/C=C/C[C@@H]2OC(C)(C)O[C@@H]2C(O)C#CC(Cc2ccccc2)[C@H](C)O[Si](c2ccccc2)(c2ccccc2)C(C)(C)C)c1C(=O)OCC[Si](C)(C)C.COCOc1cc(OC)cc(/C=C/C[C@@H]2OC(C)(C)O[C@@H]2CO)c1C(=O)OCC[Si](C)(C)C. The van der Waals surface area contributed by atoms with Gasteiger partial charge >= 0.3 is 11.9 Å². The first kappa shape index (κ1) is 105. The van der Waals surface area contributed by atoms with Crippen LogP contribution in [0.2, 0.25) is 61.4 Å². The summed E-state index contributed by atoms with van der Waals surface area (Å²) in [6, 6.07) is 72.4. The molecule has 0 amide bonds. The topological polar surface area (TPSA) is 204 Å². The molecule has 8 aromatic carbocycles. The summed E-state index contributed by atoms with van der Waals surface area (Å²) in [4.78, 5) is 26.7. The normalized spacial score (nSPS) is 17.5. The quantitative estimate of drug-likeness (QED) is 0.0159. The van der Waals surface area contributed by atoms with Gasteiger partial charge < -0.3 is 75.9 Å². The van der Waals surface area contributed by atoms with Gasteiger partial charge in [0, 0.05) is 60.4 Å². The zero-order valence-electron chi connectivity index (χ0n) is 79.2. The van der Waals surface area contributed by atoms with Gasteiger partial charge in [0.1, 0.15) is 52.4 Å². The summed E-state index contributed by atoms with van der Waals surface area (Å²) in [5, 5.41) is 26.2. The molecule has 0 saturated carbocycles. The number of rotatable bonds is 39. The highest BCUT2D eigenvalue weighted by Crippen LogP contribution is 2.43. The van der Waals surface area contributed by atoms with Gasteiger partial charge in [0.2, 0.25) is 0 Å². The van der Waals surface area contributed by atoms with Crippen molar-refractivity contribution in [2.45, 2.75) is 225 Å². The largest absolute Gasteiger partial charge is 0.497 e. The Bertz CT molecular complexity index is 4810. The second-order valence-corrected chi connectivity index (χ2v) is 60.3. The standard InChI is InChI=1S/C52H68O9Si2.C28H32Br2OSi.C24H38O8Si/c1-38(61-63(51(2,3)4,43-25-17-13-18-26-43)44-27-19-14-20-28-44)40(34-39-22-15-12-16-23-39)30-31-45(53)49-46(59-52(5,6)60-49)29-21-24-41-35-42(56-8)36-47(58-37-55-7)48(41)50(54)57-32-33-62(9,10)11;1-22(24(21-27(29)30)20-23-14-8-5-9-15-23)31-32(28(2,3)4,25-16-10-6-11-17-25)26-18-12-7-13-19-26;1-24(2)31-19(21(15-25)32-24)10-8-9-17-13-18(28-4)14-20(30-16-27-3)22(17)23(26)29-11-12-33(5,6)7/h12-28,35-36,38,40,45-46,49,53H,29,32-34,37H2,1-11H3;5-19,21-22,24H,20H2,1-4H3;8-9,13-14,19,21,25H,10-12,15-16H2,1-7H3/b24-21+;;9-8+/t38-,40?,45?,46-,49+;22?,24-;19-,21+/m000/s1. The van der Waals surface area contributed by atoms with E-state index in [0.717, 1.165) is 27.5 Å². The summed E-state index contributed by atoms with van der Waals surface area (Å²) in [7, 11) is -2.20. The van der Waals surface area contributed by atoms with Gasteiger partial charge in [0.05, 0.1) is 55.7 Å². The average molecular weight is 1950 g/mol. The minimum atomic E-state index is -2.92. The van der Waals surface area contributed by atoms with Crippen LogP contribution in [0.3, 0.4) is 0 Å². The first-order valence-electron chi connectivity index (χ1n) is 44.1. The van der Waals surface area contributed by atoms with E-state index >= 15 is 0 Å². The molecule has 2 heterocycles. The molecule has 2 aliphatic rings. The highest BCUT2D eigenvalue weighted by atomic mass is 79.9. The monoisotopic (exact) mass is 1940 g/mol. The molecule has 0 aromatic heterocycles. The molecule has 0 aliphatic carbocycles. The van der Waals surface area contributed by atoms with Gasteiger partial charge in [0.15, 0.2) is 25.2 Å². The third-order valence-electron chi connectivity index (χ3n) is 22.4. The van der Waals surface area contributed by atoms with E-state index in [1.165, 1.54) is 40.5 Å².